The molecule has 0 aliphatic carbocycles. The van der Waals surface area contributed by atoms with Crippen molar-refractivity contribution in [3.8, 4) is 0 Å². The van der Waals surface area contributed by atoms with Gasteiger partial charge >= 0.3 is 17.9 Å². The third-order valence-electron chi connectivity index (χ3n) is 4.87. The monoisotopic (exact) mass is 434 g/mol. The van der Waals surface area contributed by atoms with Crippen molar-refractivity contribution >= 4 is 29.7 Å². The quantitative estimate of drug-likeness (QED) is 0.373. The molecule has 0 radical (unpaired) electrons. The number of nitrogens with two attached hydrogens (primary N) is 1. The molecule has 1 saturated heterocycles. The second kappa shape index (κ2) is 8.82. The van der Waals surface area contributed by atoms with Gasteiger partial charge in [-0.1, -0.05) is 12.1 Å². The fourth-order valence-electron chi connectivity index (χ4n) is 3.72. The van der Waals surface area contributed by atoms with Gasteiger partial charge in [0.1, 0.15) is 25.0 Å². The largest absolute Gasteiger partial charge is 0.463 e. The first kappa shape index (κ1) is 22.4. The minimum Gasteiger partial charge on any atom is -0.463 e. The molecule has 0 aromatic heterocycles. The van der Waals surface area contributed by atoms with E-state index in [1.807, 2.05) is 0 Å². The van der Waals surface area contributed by atoms with E-state index in [1.54, 1.807) is 12.1 Å². The zero-order chi connectivity index (χ0) is 22.9. The number of amides is 2. The Kier molecular flexibility index (Phi) is 6.37. The Morgan fingerprint density at radius 3 is 1.94 bits per heavy atom. The van der Waals surface area contributed by atoms with Gasteiger partial charge in [-0.25, -0.2) is 0 Å². The SMILES string of the molecule is CC(=O)OCC1O[C@@H](N)C(N2C(=O)c3ccccc3C2=O)C(OC(C)=O)[C@@H]1OC(C)=O. The molecule has 5 atom stereocenters. The molecule has 11 heteroatoms. The standard InChI is InChI=1S/C20H22N2O9/c1-9(23)28-8-14-16(29-10(2)24)17(30-11(3)25)15(18(21)31-14)22-19(26)12-6-4-5-7-13(12)20(22)27/h4-7,14-18H,8,21H2,1-3H3/t14?,15?,16-,17?,18-/m1/s1. The zero-order valence-corrected chi connectivity index (χ0v) is 17.1. The molecule has 1 aromatic carbocycles. The molecule has 0 saturated carbocycles. The van der Waals surface area contributed by atoms with Crippen LogP contribution in [0, 0.1) is 0 Å². The van der Waals surface area contributed by atoms with Crippen LogP contribution in [0.1, 0.15) is 41.5 Å². The van der Waals surface area contributed by atoms with Gasteiger partial charge in [0.25, 0.3) is 11.8 Å². The summed E-state index contributed by atoms with van der Waals surface area (Å²) in [6.45, 7) is 3.06. The Bertz CT molecular complexity index is 896. The predicted octanol–water partition coefficient (Wildman–Crippen LogP) is -0.239. The highest BCUT2D eigenvalue weighted by atomic mass is 16.6. The molecule has 2 N–H and O–H groups in total. The molecule has 3 rings (SSSR count). The average Bonchev–Trinajstić information content (AvgIpc) is 2.93. The van der Waals surface area contributed by atoms with E-state index >= 15 is 0 Å². The van der Waals surface area contributed by atoms with Crippen LogP contribution in [0.5, 0.6) is 0 Å². The maximum atomic E-state index is 13.0. The highest BCUT2D eigenvalue weighted by molar-refractivity contribution is 6.21. The second-order valence-corrected chi connectivity index (χ2v) is 7.11. The van der Waals surface area contributed by atoms with Gasteiger partial charge in [0.05, 0.1) is 11.1 Å². The topological polar surface area (TPSA) is 152 Å². The number of carbonyl (C=O) groups is 5. The molecular weight excluding hydrogens is 412 g/mol. The maximum Gasteiger partial charge on any atom is 0.303 e. The summed E-state index contributed by atoms with van der Waals surface area (Å²) in [6, 6.07) is 4.88. The molecule has 0 bridgehead atoms. The number of imide groups is 1. The van der Waals surface area contributed by atoms with Crippen LogP contribution in [0.2, 0.25) is 0 Å². The van der Waals surface area contributed by atoms with E-state index < -0.39 is 60.3 Å². The molecule has 31 heavy (non-hydrogen) atoms. The Hall–Kier alpha value is -3.31. The van der Waals surface area contributed by atoms with Crippen LogP contribution < -0.4 is 5.73 Å². The summed E-state index contributed by atoms with van der Waals surface area (Å²) in [4.78, 5) is 61.6. The molecule has 1 fully saturated rings. The molecule has 2 amide bonds. The normalized spacial score (nSPS) is 27.5. The Balaban J connectivity index is 2.01. The van der Waals surface area contributed by atoms with Crippen molar-refractivity contribution in [2.24, 2.45) is 5.73 Å². The Morgan fingerprint density at radius 1 is 0.935 bits per heavy atom. The van der Waals surface area contributed by atoms with Crippen molar-refractivity contribution < 1.29 is 42.9 Å². The molecule has 2 aliphatic rings. The van der Waals surface area contributed by atoms with Crippen LogP contribution in [0.25, 0.3) is 0 Å². The van der Waals surface area contributed by atoms with Crippen LogP contribution in [0.3, 0.4) is 0 Å². The summed E-state index contributed by atoms with van der Waals surface area (Å²) < 4.78 is 21.3. The number of hydrogen-bond acceptors (Lipinski definition) is 10. The number of esters is 3. The maximum absolute atomic E-state index is 13.0. The first-order valence-corrected chi connectivity index (χ1v) is 9.47. The molecular formula is C20H22N2O9. The van der Waals surface area contributed by atoms with Crippen LogP contribution >= 0.6 is 0 Å². The summed E-state index contributed by atoms with van der Waals surface area (Å²) >= 11 is 0. The van der Waals surface area contributed by atoms with E-state index in [9.17, 15) is 24.0 Å². The van der Waals surface area contributed by atoms with Crippen molar-refractivity contribution in [2.75, 3.05) is 6.61 Å². The van der Waals surface area contributed by atoms with E-state index in [4.69, 9.17) is 24.7 Å². The van der Waals surface area contributed by atoms with Crippen LogP contribution in [-0.2, 0) is 33.3 Å². The highest BCUT2D eigenvalue weighted by Crippen LogP contribution is 2.33. The number of ether oxygens (including phenoxy) is 4. The number of benzene rings is 1. The lowest BCUT2D eigenvalue weighted by molar-refractivity contribution is -0.229. The molecule has 11 nitrogen and oxygen atoms in total. The zero-order valence-electron chi connectivity index (χ0n) is 17.1. The number of rotatable bonds is 5. The lowest BCUT2D eigenvalue weighted by Crippen LogP contribution is -2.69. The van der Waals surface area contributed by atoms with Gasteiger partial charge in [-0.2, -0.15) is 0 Å². The molecule has 1 aromatic rings. The lowest BCUT2D eigenvalue weighted by atomic mass is 9.94. The van der Waals surface area contributed by atoms with Gasteiger partial charge < -0.3 is 24.7 Å². The van der Waals surface area contributed by atoms with E-state index in [2.05, 4.69) is 0 Å². The first-order chi connectivity index (χ1) is 14.6. The predicted molar refractivity (Wildman–Crippen MR) is 101 cm³/mol. The van der Waals surface area contributed by atoms with Gasteiger partial charge in [-0.3, -0.25) is 28.9 Å². The van der Waals surface area contributed by atoms with Crippen molar-refractivity contribution in [3.63, 3.8) is 0 Å². The second-order valence-electron chi connectivity index (χ2n) is 7.11. The van der Waals surface area contributed by atoms with E-state index in [0.717, 1.165) is 18.7 Å². The minimum atomic E-state index is -1.35. The number of hydrogen-bond donors (Lipinski definition) is 1. The molecule has 3 unspecified atom stereocenters. The third kappa shape index (κ3) is 4.42. The minimum absolute atomic E-state index is 0.160. The fraction of sp³-hybridized carbons (Fsp3) is 0.450. The van der Waals surface area contributed by atoms with Crippen molar-refractivity contribution in [2.45, 2.75) is 51.4 Å². The number of nitrogens with zero attached hydrogens (tertiary/aromatic N) is 1. The summed E-state index contributed by atoms with van der Waals surface area (Å²) in [5.41, 5.74) is 6.45. The van der Waals surface area contributed by atoms with Gasteiger partial charge in [-0.15, -0.1) is 0 Å². The van der Waals surface area contributed by atoms with Crippen molar-refractivity contribution in [1.29, 1.82) is 0 Å². The smallest absolute Gasteiger partial charge is 0.303 e. The molecule has 166 valence electrons. The van der Waals surface area contributed by atoms with Gasteiger partial charge in [-0.05, 0) is 12.1 Å². The summed E-state index contributed by atoms with van der Waals surface area (Å²) in [6.07, 6.45) is -5.07. The number of carbonyl (C=O) groups excluding carboxylic acids is 5. The van der Waals surface area contributed by atoms with Crippen molar-refractivity contribution in [1.82, 2.24) is 4.90 Å². The summed E-state index contributed by atoms with van der Waals surface area (Å²) in [5.74, 6) is -3.42. The fourth-order valence-corrected chi connectivity index (χ4v) is 3.72. The lowest BCUT2D eigenvalue weighted by Gasteiger charge is -2.46. The third-order valence-corrected chi connectivity index (χ3v) is 4.87. The van der Waals surface area contributed by atoms with E-state index in [-0.39, 0.29) is 17.7 Å². The highest BCUT2D eigenvalue weighted by Gasteiger charge is 2.55. The van der Waals surface area contributed by atoms with Gasteiger partial charge in [0.2, 0.25) is 0 Å². The Labute approximate surface area is 177 Å². The van der Waals surface area contributed by atoms with E-state index in [1.165, 1.54) is 19.1 Å². The van der Waals surface area contributed by atoms with Crippen molar-refractivity contribution in [3.05, 3.63) is 35.4 Å². The number of fused-ring (bicyclic) bond motifs is 1. The van der Waals surface area contributed by atoms with Gasteiger partial charge in [0.15, 0.2) is 12.2 Å². The van der Waals surface area contributed by atoms with Crippen LogP contribution in [-0.4, -0.2) is 71.8 Å². The summed E-state index contributed by atoms with van der Waals surface area (Å²) in [7, 11) is 0. The van der Waals surface area contributed by atoms with Gasteiger partial charge in [0, 0.05) is 20.8 Å². The van der Waals surface area contributed by atoms with Crippen LogP contribution in [0.4, 0.5) is 0 Å². The molecule has 2 aliphatic heterocycles. The first-order valence-electron chi connectivity index (χ1n) is 9.47. The molecule has 0 spiro atoms. The average molecular weight is 434 g/mol. The molecule has 2 heterocycles. The van der Waals surface area contributed by atoms with Crippen LogP contribution in [0.15, 0.2) is 24.3 Å². The van der Waals surface area contributed by atoms with E-state index in [0.29, 0.717) is 0 Å². The summed E-state index contributed by atoms with van der Waals surface area (Å²) in [5, 5.41) is 0. The Morgan fingerprint density at radius 2 is 1.45 bits per heavy atom.